The van der Waals surface area contributed by atoms with Crippen LogP contribution in [0.25, 0.3) is 0 Å². The molecule has 0 bridgehead atoms. The minimum Gasteiger partial charge on any atom is -0.271 e. The first kappa shape index (κ1) is 10.0. The minimum absolute atomic E-state index is 0.494. The van der Waals surface area contributed by atoms with Crippen LogP contribution in [-0.4, -0.2) is 6.04 Å². The van der Waals surface area contributed by atoms with Gasteiger partial charge in [0.2, 0.25) is 0 Å². The first-order valence-corrected chi connectivity index (χ1v) is 5.29. The average Bonchev–Trinajstić information content (AvgIpc) is 2.33. The number of hydrogen-bond donors (Lipinski definition) is 2. The fourth-order valence-electron chi connectivity index (χ4n) is 2.17. The third-order valence-corrected chi connectivity index (χ3v) is 2.95. The van der Waals surface area contributed by atoms with Crippen LogP contribution in [0.5, 0.6) is 0 Å². The average molecular weight is 170 g/mol. The fourth-order valence-corrected chi connectivity index (χ4v) is 2.17. The van der Waals surface area contributed by atoms with E-state index in [2.05, 4.69) is 12.3 Å². The molecule has 1 rings (SSSR count). The third-order valence-electron chi connectivity index (χ3n) is 2.95. The van der Waals surface area contributed by atoms with Crippen LogP contribution >= 0.6 is 0 Å². The molecule has 0 amide bonds. The van der Waals surface area contributed by atoms with Crippen LogP contribution < -0.4 is 11.3 Å². The van der Waals surface area contributed by atoms with Gasteiger partial charge < -0.3 is 0 Å². The lowest BCUT2D eigenvalue weighted by Crippen LogP contribution is -2.34. The minimum atomic E-state index is 0.494. The lowest BCUT2D eigenvalue weighted by molar-refractivity contribution is 0.367. The molecule has 1 atom stereocenters. The molecule has 1 aliphatic rings. The summed E-state index contributed by atoms with van der Waals surface area (Å²) in [4.78, 5) is 0. The second kappa shape index (κ2) is 5.55. The molecular formula is C10H22N2. The summed E-state index contributed by atoms with van der Waals surface area (Å²) in [6.07, 6.45) is 9.86. The molecule has 1 saturated carbocycles. The molecule has 0 radical (unpaired) electrons. The number of hydrogen-bond acceptors (Lipinski definition) is 2. The Morgan fingerprint density at radius 2 is 1.83 bits per heavy atom. The van der Waals surface area contributed by atoms with Crippen molar-refractivity contribution < 1.29 is 0 Å². The van der Waals surface area contributed by atoms with Crippen molar-refractivity contribution in [3.8, 4) is 0 Å². The zero-order valence-electron chi connectivity index (χ0n) is 8.18. The normalized spacial score (nSPS) is 23.5. The van der Waals surface area contributed by atoms with E-state index in [0.717, 1.165) is 5.92 Å². The number of nitrogens with two attached hydrogens (primary N) is 1. The highest BCUT2D eigenvalue weighted by molar-refractivity contribution is 4.69. The second-order valence-corrected chi connectivity index (χ2v) is 4.16. The molecule has 1 aliphatic carbocycles. The van der Waals surface area contributed by atoms with Crippen molar-refractivity contribution in [2.45, 2.75) is 57.9 Å². The second-order valence-electron chi connectivity index (χ2n) is 4.16. The van der Waals surface area contributed by atoms with Crippen LogP contribution in [0.3, 0.4) is 0 Å². The van der Waals surface area contributed by atoms with Crippen LogP contribution in [0.15, 0.2) is 0 Å². The Labute approximate surface area is 75.9 Å². The van der Waals surface area contributed by atoms with Crippen LogP contribution in [0.4, 0.5) is 0 Å². The lowest BCUT2D eigenvalue weighted by atomic mass is 9.93. The molecule has 0 heterocycles. The highest BCUT2D eigenvalue weighted by atomic mass is 15.2. The van der Waals surface area contributed by atoms with Gasteiger partial charge in [-0.1, -0.05) is 38.5 Å². The van der Waals surface area contributed by atoms with Gasteiger partial charge in [-0.15, -0.1) is 0 Å². The highest BCUT2D eigenvalue weighted by Gasteiger charge is 2.14. The van der Waals surface area contributed by atoms with E-state index in [0.29, 0.717) is 6.04 Å². The molecule has 0 aromatic rings. The number of nitrogens with one attached hydrogen (secondary N) is 1. The quantitative estimate of drug-likeness (QED) is 0.387. The van der Waals surface area contributed by atoms with Crippen LogP contribution in [0.1, 0.15) is 51.9 Å². The standard InChI is InChI=1S/C10H22N2/c1-9(12-11)8-10-6-4-2-3-5-7-10/h9-10,12H,2-8,11H2,1H3. The molecule has 1 fully saturated rings. The summed E-state index contributed by atoms with van der Waals surface area (Å²) in [6.45, 7) is 2.17. The van der Waals surface area contributed by atoms with Crippen molar-refractivity contribution in [1.82, 2.24) is 5.43 Å². The Morgan fingerprint density at radius 1 is 1.25 bits per heavy atom. The molecule has 0 aromatic carbocycles. The smallest absolute Gasteiger partial charge is 0.0184 e. The molecule has 0 aromatic heterocycles. The van der Waals surface area contributed by atoms with Gasteiger partial charge in [0.1, 0.15) is 0 Å². The molecule has 1 unspecified atom stereocenters. The first-order chi connectivity index (χ1) is 5.83. The van der Waals surface area contributed by atoms with Gasteiger partial charge in [0, 0.05) is 6.04 Å². The lowest BCUT2D eigenvalue weighted by Gasteiger charge is -2.18. The van der Waals surface area contributed by atoms with Crippen LogP contribution in [0, 0.1) is 5.92 Å². The number of hydrazine groups is 1. The van der Waals surface area contributed by atoms with E-state index in [1.807, 2.05) is 0 Å². The van der Waals surface area contributed by atoms with E-state index in [-0.39, 0.29) is 0 Å². The van der Waals surface area contributed by atoms with E-state index in [4.69, 9.17) is 5.84 Å². The SMILES string of the molecule is CC(CC1CCCCCC1)NN. The largest absolute Gasteiger partial charge is 0.271 e. The summed E-state index contributed by atoms with van der Waals surface area (Å²) in [5.74, 6) is 6.31. The molecule has 72 valence electrons. The predicted molar refractivity (Wildman–Crippen MR) is 52.6 cm³/mol. The maximum atomic E-state index is 5.38. The van der Waals surface area contributed by atoms with Gasteiger partial charge in [-0.2, -0.15) is 0 Å². The van der Waals surface area contributed by atoms with Gasteiger partial charge in [0.15, 0.2) is 0 Å². The molecule has 0 spiro atoms. The fraction of sp³-hybridized carbons (Fsp3) is 1.00. The van der Waals surface area contributed by atoms with E-state index in [1.54, 1.807) is 0 Å². The summed E-state index contributed by atoms with van der Waals surface area (Å²) < 4.78 is 0. The van der Waals surface area contributed by atoms with Crippen molar-refractivity contribution in [3.63, 3.8) is 0 Å². The monoisotopic (exact) mass is 170 g/mol. The van der Waals surface area contributed by atoms with Gasteiger partial charge in [-0.25, -0.2) is 0 Å². The molecule has 3 N–H and O–H groups in total. The summed E-state index contributed by atoms with van der Waals surface area (Å²) in [5.41, 5.74) is 2.83. The first-order valence-electron chi connectivity index (χ1n) is 5.29. The number of rotatable bonds is 3. The Hall–Kier alpha value is -0.0800. The van der Waals surface area contributed by atoms with Gasteiger partial charge in [-0.3, -0.25) is 11.3 Å². The summed E-state index contributed by atoms with van der Waals surface area (Å²) in [6, 6.07) is 0.494. The molecular weight excluding hydrogens is 148 g/mol. The Bertz CT molecular complexity index is 106. The van der Waals surface area contributed by atoms with E-state index < -0.39 is 0 Å². The van der Waals surface area contributed by atoms with Gasteiger partial charge in [0.05, 0.1) is 0 Å². The summed E-state index contributed by atoms with van der Waals surface area (Å²) >= 11 is 0. The predicted octanol–water partition coefficient (Wildman–Crippen LogP) is 2.20. The van der Waals surface area contributed by atoms with Crippen LogP contribution in [0.2, 0.25) is 0 Å². The molecule has 0 aliphatic heterocycles. The van der Waals surface area contributed by atoms with Gasteiger partial charge in [0.25, 0.3) is 0 Å². The third kappa shape index (κ3) is 3.55. The molecule has 2 heteroatoms. The van der Waals surface area contributed by atoms with Crippen molar-refractivity contribution in [2.24, 2.45) is 11.8 Å². The van der Waals surface area contributed by atoms with Crippen molar-refractivity contribution in [2.75, 3.05) is 0 Å². The molecule has 0 saturated heterocycles. The van der Waals surface area contributed by atoms with Crippen molar-refractivity contribution in [1.29, 1.82) is 0 Å². The van der Waals surface area contributed by atoms with Crippen molar-refractivity contribution in [3.05, 3.63) is 0 Å². The van der Waals surface area contributed by atoms with Gasteiger partial charge >= 0.3 is 0 Å². The topological polar surface area (TPSA) is 38.0 Å². The Morgan fingerprint density at radius 3 is 2.33 bits per heavy atom. The van der Waals surface area contributed by atoms with E-state index in [1.165, 1.54) is 44.9 Å². The molecule has 2 nitrogen and oxygen atoms in total. The summed E-state index contributed by atoms with van der Waals surface area (Å²) in [7, 11) is 0. The van der Waals surface area contributed by atoms with E-state index >= 15 is 0 Å². The molecule has 12 heavy (non-hydrogen) atoms. The van der Waals surface area contributed by atoms with Crippen LogP contribution in [-0.2, 0) is 0 Å². The van der Waals surface area contributed by atoms with Crippen molar-refractivity contribution >= 4 is 0 Å². The Balaban J connectivity index is 2.20. The maximum absolute atomic E-state index is 5.38. The van der Waals surface area contributed by atoms with Gasteiger partial charge in [-0.05, 0) is 19.3 Å². The maximum Gasteiger partial charge on any atom is 0.0184 e. The zero-order valence-corrected chi connectivity index (χ0v) is 8.18. The zero-order chi connectivity index (χ0) is 8.81. The highest BCUT2D eigenvalue weighted by Crippen LogP contribution is 2.26. The van der Waals surface area contributed by atoms with E-state index in [9.17, 15) is 0 Å². The summed E-state index contributed by atoms with van der Waals surface area (Å²) in [5, 5.41) is 0. The Kier molecular flexibility index (Phi) is 4.62.